The minimum atomic E-state index is 0.339. The summed E-state index contributed by atoms with van der Waals surface area (Å²) in [5.41, 5.74) is 2.70. The van der Waals surface area contributed by atoms with E-state index in [2.05, 4.69) is 32.5 Å². The van der Waals surface area contributed by atoms with Crippen molar-refractivity contribution < 1.29 is 5.11 Å². The van der Waals surface area contributed by atoms with E-state index in [1.54, 1.807) is 0 Å². The van der Waals surface area contributed by atoms with Crippen molar-refractivity contribution in [2.24, 2.45) is 0 Å². The van der Waals surface area contributed by atoms with Gasteiger partial charge in [-0.2, -0.15) is 0 Å². The molecule has 0 aliphatic carbocycles. The van der Waals surface area contributed by atoms with E-state index in [1.807, 2.05) is 6.07 Å². The highest BCUT2D eigenvalue weighted by molar-refractivity contribution is 7.80. The van der Waals surface area contributed by atoms with Gasteiger partial charge in [0.2, 0.25) is 0 Å². The van der Waals surface area contributed by atoms with Crippen LogP contribution in [0.3, 0.4) is 0 Å². The third kappa shape index (κ3) is 8.46. The zero-order chi connectivity index (χ0) is 17.6. The molecule has 0 heterocycles. The Hall–Kier alpha value is -0.630. The van der Waals surface area contributed by atoms with Gasteiger partial charge in [0.1, 0.15) is 5.75 Å². The van der Waals surface area contributed by atoms with E-state index >= 15 is 0 Å². The Morgan fingerprint density at radius 1 is 0.708 bits per heavy atom. The number of phenols is 1. The van der Waals surface area contributed by atoms with Gasteiger partial charge in [0.15, 0.2) is 0 Å². The van der Waals surface area contributed by atoms with Gasteiger partial charge in [-0.05, 0) is 42.9 Å². The summed E-state index contributed by atoms with van der Waals surface area (Å²) in [4.78, 5) is 0.812. The molecule has 0 bridgehead atoms. The predicted molar refractivity (Wildman–Crippen MR) is 110 cm³/mol. The lowest BCUT2D eigenvalue weighted by Crippen LogP contribution is -1.98. The first-order valence-electron chi connectivity index (χ1n) is 10.2. The van der Waals surface area contributed by atoms with Gasteiger partial charge in [-0.3, -0.25) is 0 Å². The van der Waals surface area contributed by atoms with E-state index in [0.717, 1.165) is 17.7 Å². The Labute approximate surface area is 155 Å². The normalized spacial score (nSPS) is 11.1. The number of benzene rings is 1. The van der Waals surface area contributed by atoms with Crippen molar-refractivity contribution in [2.45, 2.75) is 109 Å². The summed E-state index contributed by atoms with van der Waals surface area (Å²) in [6.07, 6.45) is 18.0. The molecule has 0 spiro atoms. The maximum atomic E-state index is 9.99. The van der Waals surface area contributed by atoms with Crippen LogP contribution in [0, 0.1) is 0 Å². The van der Waals surface area contributed by atoms with E-state index in [0.29, 0.717) is 5.75 Å². The van der Waals surface area contributed by atoms with Crippen molar-refractivity contribution in [1.29, 1.82) is 0 Å². The molecule has 1 aromatic carbocycles. The highest BCUT2D eigenvalue weighted by Gasteiger charge is 2.10. The first-order chi connectivity index (χ1) is 11.7. The maximum Gasteiger partial charge on any atom is 0.129 e. The maximum absolute atomic E-state index is 9.99. The molecule has 0 saturated heterocycles. The molecular weight excluding hydrogens is 312 g/mol. The largest absolute Gasteiger partial charge is 0.507 e. The van der Waals surface area contributed by atoms with Gasteiger partial charge in [0.25, 0.3) is 0 Å². The minimum absolute atomic E-state index is 0.339. The number of unbranched alkanes of at least 4 members (excludes halogenated alkanes) is 10. The highest BCUT2D eigenvalue weighted by atomic mass is 32.1. The van der Waals surface area contributed by atoms with E-state index in [4.69, 9.17) is 0 Å². The van der Waals surface area contributed by atoms with Crippen molar-refractivity contribution in [2.75, 3.05) is 0 Å². The number of rotatable bonds is 14. The van der Waals surface area contributed by atoms with Gasteiger partial charge in [0, 0.05) is 4.90 Å². The van der Waals surface area contributed by atoms with E-state index < -0.39 is 0 Å². The number of hydrogen-bond acceptors (Lipinski definition) is 2. The third-order valence-corrected chi connectivity index (χ3v) is 5.44. The summed E-state index contributed by atoms with van der Waals surface area (Å²) in [6.45, 7) is 4.52. The van der Waals surface area contributed by atoms with Crippen LogP contribution in [0.5, 0.6) is 5.75 Å². The topological polar surface area (TPSA) is 20.2 Å². The number of aryl methyl sites for hydroxylation is 1. The van der Waals surface area contributed by atoms with Crippen molar-refractivity contribution in [3.8, 4) is 5.75 Å². The molecular formula is C22H38OS. The molecule has 1 rings (SSSR count). The molecule has 0 radical (unpaired) electrons. The second kappa shape index (κ2) is 13.6. The molecule has 24 heavy (non-hydrogen) atoms. The summed E-state index contributed by atoms with van der Waals surface area (Å²) >= 11 is 4.58. The third-order valence-electron chi connectivity index (χ3n) is 4.94. The van der Waals surface area contributed by atoms with Gasteiger partial charge in [-0.25, -0.2) is 0 Å². The van der Waals surface area contributed by atoms with Crippen molar-refractivity contribution >= 4 is 12.6 Å². The number of thiol groups is 1. The lowest BCUT2D eigenvalue weighted by Gasteiger charge is -2.14. The molecule has 1 nitrogen and oxygen atoms in total. The van der Waals surface area contributed by atoms with Gasteiger partial charge in [-0.1, -0.05) is 84.1 Å². The van der Waals surface area contributed by atoms with Crippen molar-refractivity contribution in [3.05, 3.63) is 23.3 Å². The molecule has 0 aromatic heterocycles. The first kappa shape index (κ1) is 21.4. The second-order valence-electron chi connectivity index (χ2n) is 7.11. The Balaban J connectivity index is 2.44. The molecule has 1 N–H and O–H groups in total. The van der Waals surface area contributed by atoms with E-state index in [1.165, 1.54) is 88.2 Å². The van der Waals surface area contributed by atoms with Crippen LogP contribution in [0.2, 0.25) is 0 Å². The van der Waals surface area contributed by atoms with Crippen LogP contribution in [-0.2, 0) is 12.8 Å². The molecule has 0 atom stereocenters. The monoisotopic (exact) mass is 350 g/mol. The van der Waals surface area contributed by atoms with Crippen LogP contribution < -0.4 is 0 Å². The Bertz CT molecular complexity index is 442. The van der Waals surface area contributed by atoms with Gasteiger partial charge in [0.05, 0.1) is 0 Å². The Morgan fingerprint density at radius 2 is 1.21 bits per heavy atom. The highest BCUT2D eigenvalue weighted by Crippen LogP contribution is 2.30. The molecule has 0 fully saturated rings. The van der Waals surface area contributed by atoms with Crippen LogP contribution in [0.15, 0.2) is 17.0 Å². The van der Waals surface area contributed by atoms with Crippen molar-refractivity contribution in [3.63, 3.8) is 0 Å². The minimum Gasteiger partial charge on any atom is -0.507 e. The zero-order valence-corrected chi connectivity index (χ0v) is 16.8. The molecule has 0 aliphatic rings. The fourth-order valence-electron chi connectivity index (χ4n) is 3.36. The Morgan fingerprint density at radius 3 is 1.79 bits per heavy atom. The lowest BCUT2D eigenvalue weighted by atomic mass is 9.96. The van der Waals surface area contributed by atoms with Crippen LogP contribution in [0.1, 0.15) is 102 Å². The fourth-order valence-corrected chi connectivity index (χ4v) is 3.69. The summed E-state index contributed by atoms with van der Waals surface area (Å²) in [5, 5.41) is 9.99. The standard InChI is InChI=1S/C22H38OS/c1-3-5-7-9-11-13-15-19-17-18-21(23)22(24)20(19)16-14-12-10-8-6-4-2/h17-18,23-24H,3-16H2,1-2H3. The molecule has 0 unspecified atom stereocenters. The predicted octanol–water partition coefficient (Wildman–Crippen LogP) is 7.49. The van der Waals surface area contributed by atoms with Crippen LogP contribution in [-0.4, -0.2) is 5.11 Å². The molecule has 0 amide bonds. The Kier molecular flexibility index (Phi) is 12.2. The van der Waals surface area contributed by atoms with Crippen molar-refractivity contribution in [1.82, 2.24) is 0 Å². The SMILES string of the molecule is CCCCCCCCc1ccc(O)c(S)c1CCCCCCCC. The molecule has 2 heteroatoms. The first-order valence-corrected chi connectivity index (χ1v) is 10.7. The molecule has 1 aromatic rings. The fraction of sp³-hybridized carbons (Fsp3) is 0.727. The smallest absolute Gasteiger partial charge is 0.129 e. The average molecular weight is 351 g/mol. The summed E-state index contributed by atoms with van der Waals surface area (Å²) in [7, 11) is 0. The second-order valence-corrected chi connectivity index (χ2v) is 7.55. The summed E-state index contributed by atoms with van der Waals surface area (Å²) in [5.74, 6) is 0.339. The quantitative estimate of drug-likeness (QED) is 0.263. The van der Waals surface area contributed by atoms with Crippen LogP contribution in [0.25, 0.3) is 0 Å². The molecule has 138 valence electrons. The number of aromatic hydroxyl groups is 1. The van der Waals surface area contributed by atoms with E-state index in [-0.39, 0.29) is 0 Å². The summed E-state index contributed by atoms with van der Waals surface area (Å²) in [6, 6.07) is 3.94. The average Bonchev–Trinajstić information content (AvgIpc) is 2.59. The van der Waals surface area contributed by atoms with Gasteiger partial charge in [-0.15, -0.1) is 12.6 Å². The van der Waals surface area contributed by atoms with Crippen LogP contribution in [0.4, 0.5) is 0 Å². The van der Waals surface area contributed by atoms with E-state index in [9.17, 15) is 5.11 Å². The summed E-state index contributed by atoms with van der Waals surface area (Å²) < 4.78 is 0. The van der Waals surface area contributed by atoms with Crippen LogP contribution >= 0.6 is 12.6 Å². The zero-order valence-electron chi connectivity index (χ0n) is 15.9. The van der Waals surface area contributed by atoms with Gasteiger partial charge < -0.3 is 5.11 Å². The molecule has 0 saturated carbocycles. The molecule has 0 aliphatic heterocycles. The lowest BCUT2D eigenvalue weighted by molar-refractivity contribution is 0.460. The number of phenolic OH excluding ortho intramolecular Hbond substituents is 1. The number of hydrogen-bond donors (Lipinski definition) is 2. The van der Waals surface area contributed by atoms with Gasteiger partial charge >= 0.3 is 0 Å².